The lowest BCUT2D eigenvalue weighted by atomic mass is 9.89. The van der Waals surface area contributed by atoms with Crippen molar-refractivity contribution in [1.82, 2.24) is 9.79 Å². The van der Waals surface area contributed by atoms with E-state index in [9.17, 15) is 14.4 Å². The van der Waals surface area contributed by atoms with Gasteiger partial charge in [0.25, 0.3) is 5.56 Å². The number of ether oxygens (including phenoxy) is 1. The van der Waals surface area contributed by atoms with Crippen LogP contribution in [0.1, 0.15) is 41.1 Å². The summed E-state index contributed by atoms with van der Waals surface area (Å²) in [5, 5.41) is 7.30. The van der Waals surface area contributed by atoms with E-state index in [0.29, 0.717) is 28.8 Å². The average Bonchev–Trinajstić information content (AvgIpc) is 2.92. The quantitative estimate of drug-likeness (QED) is 0.212. The van der Waals surface area contributed by atoms with Crippen LogP contribution in [0.15, 0.2) is 71.7 Å². The number of nitrogens with one attached hydrogen (secondary N) is 3. The molecule has 0 bridgehead atoms. The normalized spacial score (nSPS) is 12.6. The Balaban J connectivity index is 1.38. The number of aryl methyl sites for hydroxylation is 1. The third kappa shape index (κ3) is 7.01. The van der Waals surface area contributed by atoms with Crippen LogP contribution in [0.5, 0.6) is 0 Å². The Bertz CT molecular complexity index is 1590. The summed E-state index contributed by atoms with van der Waals surface area (Å²) in [6.45, 7) is 4.53. The van der Waals surface area contributed by atoms with Crippen LogP contribution >= 0.6 is 0 Å². The molecule has 0 aliphatic carbocycles. The van der Waals surface area contributed by atoms with E-state index in [1.807, 2.05) is 50.2 Å². The summed E-state index contributed by atoms with van der Waals surface area (Å²) in [5.74, 6) is -0.0810. The molecule has 1 aromatic heterocycles. The minimum Gasteiger partial charge on any atom is -0.449 e. The van der Waals surface area contributed by atoms with Crippen LogP contribution in [0.3, 0.4) is 0 Å². The zero-order valence-corrected chi connectivity index (χ0v) is 22.7. The Labute approximate surface area is 236 Å². The van der Waals surface area contributed by atoms with Gasteiger partial charge in [0.2, 0.25) is 0 Å². The van der Waals surface area contributed by atoms with Crippen molar-refractivity contribution < 1.29 is 14.3 Å². The zero-order valence-electron chi connectivity index (χ0n) is 22.7. The molecular weight excluding hydrogens is 502 g/mol. The van der Waals surface area contributed by atoms with E-state index in [0.717, 1.165) is 33.9 Å². The van der Waals surface area contributed by atoms with Crippen molar-refractivity contribution in [3.8, 4) is 0 Å². The van der Waals surface area contributed by atoms with Crippen molar-refractivity contribution in [3.05, 3.63) is 99.5 Å². The number of rotatable bonds is 10. The number of hydrogen-bond donors (Lipinski definition) is 3. The van der Waals surface area contributed by atoms with Gasteiger partial charge in [0.05, 0.1) is 6.61 Å². The molecule has 8 nitrogen and oxygen atoms in total. The summed E-state index contributed by atoms with van der Waals surface area (Å²) in [6, 6.07) is 17.6. The molecule has 40 heavy (non-hydrogen) atoms. The maximum Gasteiger partial charge on any atom is 0.411 e. The average molecular weight is 532 g/mol. The summed E-state index contributed by atoms with van der Waals surface area (Å²) in [5.41, 5.74) is 5.17. The Hall–Kier alpha value is -4.30. The van der Waals surface area contributed by atoms with Gasteiger partial charge in [-0.15, -0.1) is 0 Å². The summed E-state index contributed by atoms with van der Waals surface area (Å²) >= 11 is 0. The molecule has 4 aromatic rings. The first kappa shape index (κ1) is 28.7. The molecule has 0 aliphatic heterocycles. The van der Waals surface area contributed by atoms with Gasteiger partial charge < -0.3 is 24.6 Å². The number of aromatic nitrogens is 1. The van der Waals surface area contributed by atoms with E-state index < -0.39 is 12.1 Å². The molecule has 0 spiro atoms. The first-order valence-electron chi connectivity index (χ1n) is 12.9. The van der Waals surface area contributed by atoms with Crippen LogP contribution in [0.25, 0.3) is 10.8 Å². The third-order valence-corrected chi connectivity index (χ3v) is 6.69. The first-order chi connectivity index (χ1) is 19.1. The molecule has 10 heteroatoms. The predicted octanol–water partition coefficient (Wildman–Crippen LogP) is 3.85. The van der Waals surface area contributed by atoms with Gasteiger partial charge in [-0.25, -0.2) is 4.79 Å². The second-order valence-corrected chi connectivity index (χ2v) is 9.94. The number of pyridine rings is 1. The van der Waals surface area contributed by atoms with Gasteiger partial charge >= 0.3 is 6.09 Å². The lowest BCUT2D eigenvalue weighted by Crippen LogP contribution is -2.22. The molecule has 3 N–H and O–H groups in total. The topological polar surface area (TPSA) is 104 Å². The Kier molecular flexibility index (Phi) is 9.11. The molecule has 0 saturated carbocycles. The first-order valence-corrected chi connectivity index (χ1v) is 12.9. The highest BCUT2D eigenvalue weighted by atomic mass is 16.5. The number of H-pyrrole nitrogens is 1. The number of aldehydes is 1. The molecule has 0 saturated heterocycles. The number of carbonyl (C=O) groups is 2. The summed E-state index contributed by atoms with van der Waals surface area (Å²) in [4.78, 5) is 40.7. The highest BCUT2D eigenvalue weighted by Crippen LogP contribution is 2.26. The minimum absolute atomic E-state index is 0.0810. The van der Waals surface area contributed by atoms with Crippen LogP contribution in [-0.2, 0) is 16.1 Å². The number of nitrogens with zero attached hydrogens (tertiary/aromatic N) is 1. The van der Waals surface area contributed by atoms with Crippen molar-refractivity contribution in [1.29, 1.82) is 0 Å². The van der Waals surface area contributed by atoms with Gasteiger partial charge in [-0.05, 0) is 71.9 Å². The highest BCUT2D eigenvalue weighted by molar-refractivity contribution is 6.33. The molecule has 4 radical (unpaired) electrons. The molecule has 0 fully saturated rings. The van der Waals surface area contributed by atoms with Crippen LogP contribution in [0.4, 0.5) is 16.2 Å². The van der Waals surface area contributed by atoms with Gasteiger partial charge in [0.1, 0.15) is 20.2 Å². The maximum atomic E-state index is 12.4. The number of carbonyl (C=O) groups excluding carboxylic acids is 2. The van der Waals surface area contributed by atoms with Crippen molar-refractivity contribution >= 4 is 55.8 Å². The second-order valence-electron chi connectivity index (χ2n) is 9.94. The SMILES string of the molecule is [B]c1ccc(NC(=O)OC[C@H](C)c2ccc(C(C=O)Nc3ccc4cc[nH]c(=O)c4c3)cc2C)cc1CN([B])C. The van der Waals surface area contributed by atoms with Gasteiger partial charge in [-0.2, -0.15) is 0 Å². The highest BCUT2D eigenvalue weighted by Gasteiger charge is 2.16. The fourth-order valence-electron chi connectivity index (χ4n) is 4.63. The monoisotopic (exact) mass is 532 g/mol. The fourth-order valence-corrected chi connectivity index (χ4v) is 4.63. The zero-order chi connectivity index (χ0) is 28.8. The number of anilines is 2. The Morgan fingerprint density at radius 3 is 2.60 bits per heavy atom. The van der Waals surface area contributed by atoms with Gasteiger partial charge in [-0.3, -0.25) is 10.1 Å². The van der Waals surface area contributed by atoms with Gasteiger partial charge in [-0.1, -0.05) is 42.7 Å². The largest absolute Gasteiger partial charge is 0.449 e. The summed E-state index contributed by atoms with van der Waals surface area (Å²) in [6.07, 6.45) is 1.86. The van der Waals surface area contributed by atoms with Gasteiger partial charge in [0.15, 0.2) is 7.98 Å². The number of benzene rings is 3. The van der Waals surface area contributed by atoms with Crippen LogP contribution in [-0.4, -0.2) is 51.7 Å². The second kappa shape index (κ2) is 12.7. The molecule has 3 aromatic carbocycles. The van der Waals surface area contributed by atoms with Crippen LogP contribution in [0.2, 0.25) is 0 Å². The van der Waals surface area contributed by atoms with E-state index in [-0.39, 0.29) is 18.1 Å². The number of fused-ring (bicyclic) bond motifs is 1. The number of hydrogen-bond acceptors (Lipinski definition) is 6. The van der Waals surface area contributed by atoms with Crippen molar-refractivity contribution in [2.45, 2.75) is 32.4 Å². The molecule has 1 heterocycles. The van der Waals surface area contributed by atoms with E-state index in [4.69, 9.17) is 20.6 Å². The van der Waals surface area contributed by atoms with Crippen molar-refractivity contribution in [3.63, 3.8) is 0 Å². The predicted molar refractivity (Wildman–Crippen MR) is 161 cm³/mol. The van der Waals surface area contributed by atoms with E-state index in [2.05, 4.69) is 15.6 Å². The summed E-state index contributed by atoms with van der Waals surface area (Å²) < 4.78 is 5.48. The molecule has 1 amide bonds. The number of aromatic amines is 1. The molecule has 200 valence electrons. The molecular formula is C30H30B2N4O4. The molecule has 2 atom stereocenters. The van der Waals surface area contributed by atoms with E-state index in [1.165, 1.54) is 4.81 Å². The number of amides is 1. The third-order valence-electron chi connectivity index (χ3n) is 6.69. The standard InChI is InChI=1S/C30H30B2N4O4/c1-18-12-21(28(16-37)34-24-6-4-20-10-11-33-29(38)26(20)14-24)5-8-25(18)19(2)17-40-30(39)35-23-7-9-27(31)22(13-23)15-36(3)32/h4-14,16,19,28,34H,15,17H2,1-3H3,(H,33,38)(H,35,39)/t19-,28?/m0/s1. The smallest absolute Gasteiger partial charge is 0.411 e. The molecule has 1 unspecified atom stereocenters. The van der Waals surface area contributed by atoms with Crippen LogP contribution in [0, 0.1) is 6.92 Å². The Morgan fingerprint density at radius 2 is 1.88 bits per heavy atom. The minimum atomic E-state index is -0.603. The Morgan fingerprint density at radius 1 is 1.10 bits per heavy atom. The van der Waals surface area contributed by atoms with Gasteiger partial charge in [0, 0.05) is 35.4 Å². The molecule has 0 aliphatic rings. The van der Waals surface area contributed by atoms with E-state index in [1.54, 1.807) is 37.5 Å². The van der Waals surface area contributed by atoms with E-state index >= 15 is 0 Å². The lowest BCUT2D eigenvalue weighted by molar-refractivity contribution is -0.108. The summed E-state index contributed by atoms with van der Waals surface area (Å²) in [7, 11) is 13.4. The van der Waals surface area contributed by atoms with Crippen LogP contribution < -0.4 is 21.7 Å². The van der Waals surface area contributed by atoms with Crippen molar-refractivity contribution in [2.24, 2.45) is 0 Å². The lowest BCUT2D eigenvalue weighted by Gasteiger charge is -2.19. The maximum absolute atomic E-state index is 12.4. The molecule has 4 rings (SSSR count). The fraction of sp³-hybridized carbons (Fsp3) is 0.233. The van der Waals surface area contributed by atoms with Crippen molar-refractivity contribution in [2.75, 3.05) is 24.3 Å².